The predicted octanol–water partition coefficient (Wildman–Crippen LogP) is 14.9. The molecule has 3 aromatic heterocycles. The van der Waals surface area contributed by atoms with Crippen LogP contribution in [0.2, 0.25) is 5.02 Å². The van der Waals surface area contributed by atoms with Gasteiger partial charge in [-0.2, -0.15) is 0 Å². The van der Waals surface area contributed by atoms with Crippen LogP contribution in [0.25, 0.3) is 30.3 Å². The molecule has 0 bridgehead atoms. The van der Waals surface area contributed by atoms with E-state index in [2.05, 4.69) is 0 Å². The van der Waals surface area contributed by atoms with E-state index in [0.29, 0.717) is 106 Å². The number of unbranched alkanes of at least 4 members (excludes halogenated alkanes) is 3. The van der Waals surface area contributed by atoms with E-state index in [0.717, 1.165) is 30.3 Å². The Kier molecular flexibility index (Phi) is 20.9. The number of hydrogen-bond acceptors (Lipinski definition) is 12. The number of benzene rings is 5. The first-order chi connectivity index (χ1) is 35.5. The van der Waals surface area contributed by atoms with Crippen molar-refractivity contribution in [1.82, 2.24) is 0 Å². The summed E-state index contributed by atoms with van der Waals surface area (Å²) in [7, 11) is 0. The van der Waals surface area contributed by atoms with Crippen LogP contribution >= 0.6 is 45.6 Å². The van der Waals surface area contributed by atoms with Gasteiger partial charge >= 0.3 is 17.9 Å². The zero-order chi connectivity index (χ0) is 53.2. The molecule has 0 aliphatic heterocycles. The molecule has 3 N–H and O–H groups in total. The second-order valence-electron chi connectivity index (χ2n) is 18.0. The minimum atomic E-state index is -0.815. The van der Waals surface area contributed by atoms with Crippen molar-refractivity contribution in [2.45, 2.75) is 78.6 Å². The Morgan fingerprint density at radius 1 is 0.432 bits per heavy atom. The maximum Gasteiger partial charge on any atom is 0.303 e. The van der Waals surface area contributed by atoms with Crippen LogP contribution < -0.4 is 14.2 Å². The number of aliphatic carboxylic acids is 3. The normalized spacial score (nSPS) is 11.0. The van der Waals surface area contributed by atoms with Crippen molar-refractivity contribution in [2.75, 3.05) is 19.8 Å². The zero-order valence-corrected chi connectivity index (χ0v) is 44.4. The molecule has 8 aromatic rings. The van der Waals surface area contributed by atoms with Crippen LogP contribution in [0.5, 0.6) is 17.2 Å². The highest BCUT2D eigenvalue weighted by Gasteiger charge is 2.29. The van der Waals surface area contributed by atoms with Gasteiger partial charge in [0.25, 0.3) is 0 Å². The summed E-state index contributed by atoms with van der Waals surface area (Å²) in [6.07, 6.45) is 3.95. The summed E-state index contributed by atoms with van der Waals surface area (Å²) in [5, 5.41) is 29.4. The number of hydrogen-bond donors (Lipinski definition) is 3. The fourth-order valence-electron chi connectivity index (χ4n) is 7.39. The van der Waals surface area contributed by atoms with Crippen molar-refractivity contribution < 1.29 is 58.3 Å². The lowest BCUT2D eigenvalue weighted by atomic mass is 9.89. The number of rotatable bonds is 23. The quantitative estimate of drug-likeness (QED) is 0.0406. The van der Waals surface area contributed by atoms with Gasteiger partial charge in [-0.15, -0.1) is 34.0 Å². The summed E-state index contributed by atoms with van der Waals surface area (Å²) in [5.41, 5.74) is 0.712. The van der Waals surface area contributed by atoms with E-state index in [9.17, 15) is 28.8 Å². The van der Waals surface area contributed by atoms with Crippen LogP contribution in [0, 0.1) is 5.41 Å². The van der Waals surface area contributed by atoms with E-state index in [1.165, 1.54) is 34.0 Å². The average molecular weight is 1080 g/mol. The lowest BCUT2D eigenvalue weighted by Gasteiger charge is -2.16. The topological polar surface area (TPSA) is 191 Å². The van der Waals surface area contributed by atoms with Gasteiger partial charge in [0.05, 0.1) is 19.8 Å². The molecule has 74 heavy (non-hydrogen) atoms. The van der Waals surface area contributed by atoms with E-state index in [1.54, 1.807) is 36.4 Å². The second kappa shape index (κ2) is 27.4. The molecule has 0 aliphatic rings. The highest BCUT2D eigenvalue weighted by atomic mass is 35.5. The van der Waals surface area contributed by atoms with Crippen molar-refractivity contribution in [3.63, 3.8) is 0 Å². The molecule has 0 fully saturated rings. The molecule has 0 amide bonds. The minimum absolute atomic E-state index is 0.0534. The molecule has 3 heterocycles. The molecule has 0 atom stereocenters. The standard InChI is InChI=1S/C20H17ClO4S.C20H18O4S.C18H22O4S/c21-14-10-8-13(9-11-14)18(24)20-19(25-12-4-3-7-17(22)23)15-5-1-2-6-16(15)26-20;21-17(22)12-6-7-13-24-19-15-10-4-5-11-16(15)25-20(19)18(23)14-8-2-1-3-9-14;1-18(2,3)17(21)16-15(22-11-7-6-10-14(19)20)12-8-4-5-9-13(12)23-16/h1-2,5-6,8-11H,3-4,7,12H2,(H,22,23);1-5,8-11H,6-7,12-13H2,(H,21,22);4-5,8-9H,6-7,10-11H2,1-3H3,(H,19,20). The molecule has 386 valence electrons. The van der Waals surface area contributed by atoms with Gasteiger partial charge in [-0.3, -0.25) is 28.8 Å². The predicted molar refractivity (Wildman–Crippen MR) is 295 cm³/mol. The smallest absolute Gasteiger partial charge is 0.303 e. The third-order valence-corrected chi connectivity index (χ3v) is 14.9. The maximum absolute atomic E-state index is 12.9. The van der Waals surface area contributed by atoms with Crippen molar-refractivity contribution in [1.29, 1.82) is 0 Å². The van der Waals surface area contributed by atoms with Gasteiger partial charge in [-0.05, 0) is 99.2 Å². The molecule has 0 unspecified atom stereocenters. The summed E-state index contributed by atoms with van der Waals surface area (Å²) in [6.45, 7) is 6.87. The summed E-state index contributed by atoms with van der Waals surface area (Å²) in [6, 6.07) is 39.2. The maximum atomic E-state index is 12.9. The monoisotopic (exact) mass is 1080 g/mol. The van der Waals surface area contributed by atoms with E-state index in [-0.39, 0.29) is 36.6 Å². The summed E-state index contributed by atoms with van der Waals surface area (Å²) >= 11 is 10.2. The third kappa shape index (κ3) is 15.8. The fraction of sp³-hybridized carbons (Fsp3) is 0.276. The van der Waals surface area contributed by atoms with Crippen molar-refractivity contribution in [3.8, 4) is 17.2 Å². The third-order valence-electron chi connectivity index (χ3n) is 11.2. The second-order valence-corrected chi connectivity index (χ2v) is 21.6. The number of Topliss-reactive ketones (excluding diaryl/α,β-unsaturated/α-hetero) is 1. The Balaban J connectivity index is 0.000000181. The van der Waals surface area contributed by atoms with Gasteiger partial charge in [0.15, 0.2) is 5.78 Å². The van der Waals surface area contributed by atoms with E-state index in [4.69, 9.17) is 41.1 Å². The fourth-order valence-corrected chi connectivity index (χ4v) is 11.0. The lowest BCUT2D eigenvalue weighted by molar-refractivity contribution is -0.138. The lowest BCUT2D eigenvalue weighted by Crippen LogP contribution is -2.19. The first kappa shape index (κ1) is 56.4. The molecule has 0 spiro atoms. The van der Waals surface area contributed by atoms with E-state index in [1.807, 2.05) is 112 Å². The minimum Gasteiger partial charge on any atom is -0.491 e. The average Bonchev–Trinajstić information content (AvgIpc) is 4.07. The Hall–Kier alpha value is -6.91. The molecule has 16 heteroatoms. The molecule has 0 radical (unpaired) electrons. The number of carbonyl (C=O) groups is 6. The number of fused-ring (bicyclic) bond motifs is 3. The number of halogens is 1. The Morgan fingerprint density at radius 3 is 1.12 bits per heavy atom. The van der Waals surface area contributed by atoms with Gasteiger partial charge < -0.3 is 29.5 Å². The summed E-state index contributed by atoms with van der Waals surface area (Å²) in [4.78, 5) is 72.0. The molecule has 12 nitrogen and oxygen atoms in total. The van der Waals surface area contributed by atoms with Crippen molar-refractivity contribution in [2.24, 2.45) is 5.41 Å². The number of carbonyl (C=O) groups excluding carboxylic acids is 3. The van der Waals surface area contributed by atoms with Crippen LogP contribution in [0.1, 0.15) is 119 Å². The van der Waals surface area contributed by atoms with Gasteiger partial charge in [0.1, 0.15) is 31.9 Å². The van der Waals surface area contributed by atoms with Gasteiger partial charge in [0.2, 0.25) is 11.6 Å². The highest BCUT2D eigenvalue weighted by molar-refractivity contribution is 7.22. The van der Waals surface area contributed by atoms with Crippen LogP contribution in [0.3, 0.4) is 0 Å². The highest BCUT2D eigenvalue weighted by Crippen LogP contribution is 2.42. The SMILES string of the molecule is CC(C)(C)C(=O)c1sc2ccccc2c1OCCCCC(=O)O.O=C(O)CCCCOc1c(C(=O)c2ccc(Cl)cc2)sc2ccccc12.O=C(O)CCCCOc1c(C(=O)c2ccccc2)sc2ccccc12. The molecular formula is C58H57ClO12S3. The van der Waals surface area contributed by atoms with Crippen LogP contribution in [-0.2, 0) is 14.4 Å². The molecular weight excluding hydrogens is 1020 g/mol. The number of ether oxygens (including phenoxy) is 3. The number of carboxylic acid groups (broad SMARTS) is 3. The molecule has 5 aromatic carbocycles. The first-order valence-corrected chi connectivity index (χ1v) is 26.9. The molecule has 8 rings (SSSR count). The van der Waals surface area contributed by atoms with E-state index >= 15 is 0 Å². The summed E-state index contributed by atoms with van der Waals surface area (Å²) < 4.78 is 20.7. The first-order valence-electron chi connectivity index (χ1n) is 24.1. The Bertz CT molecular complexity index is 3200. The molecule has 0 aliphatic carbocycles. The van der Waals surface area contributed by atoms with Gasteiger partial charge in [0, 0.05) is 71.1 Å². The zero-order valence-electron chi connectivity index (χ0n) is 41.2. The van der Waals surface area contributed by atoms with Crippen molar-refractivity contribution in [3.05, 3.63) is 158 Å². The number of thiophene rings is 3. The van der Waals surface area contributed by atoms with Crippen LogP contribution in [0.4, 0.5) is 0 Å². The van der Waals surface area contributed by atoms with Crippen LogP contribution in [0.15, 0.2) is 127 Å². The van der Waals surface area contributed by atoms with E-state index < -0.39 is 23.3 Å². The largest absolute Gasteiger partial charge is 0.491 e. The van der Waals surface area contributed by atoms with Gasteiger partial charge in [-0.25, -0.2) is 0 Å². The van der Waals surface area contributed by atoms with Gasteiger partial charge in [-0.1, -0.05) is 99.1 Å². The summed E-state index contributed by atoms with van der Waals surface area (Å²) in [5.74, 6) is -0.698. The van der Waals surface area contributed by atoms with Crippen LogP contribution in [-0.4, -0.2) is 70.4 Å². The molecule has 0 saturated carbocycles. The number of ketones is 3. The Morgan fingerprint density at radius 2 is 0.757 bits per heavy atom. The molecule has 0 saturated heterocycles. The Labute approximate surface area is 446 Å². The number of carboxylic acids is 3. The van der Waals surface area contributed by atoms with Crippen molar-refractivity contribution >= 4 is 111 Å².